The second kappa shape index (κ2) is 7.92. The standard InChI is InChI=1S/C20H19ClN4O4/c1-10-6-11(2)8-14(7-10)23-19(26)17-12(3)22-20(27)24-18(17)13-4-5-15(21)16(9-13)25(28)29/h4-9,18H,1-3H3,(H,23,26)(H2,22,24,27)/t18-/m1/s1. The number of halogens is 1. The summed E-state index contributed by atoms with van der Waals surface area (Å²) in [6.45, 7) is 5.45. The van der Waals surface area contributed by atoms with Crippen LogP contribution >= 0.6 is 11.6 Å². The lowest BCUT2D eigenvalue weighted by Gasteiger charge is -2.28. The summed E-state index contributed by atoms with van der Waals surface area (Å²) in [7, 11) is 0. The quantitative estimate of drug-likeness (QED) is 0.515. The average Bonchev–Trinajstić information content (AvgIpc) is 2.60. The summed E-state index contributed by atoms with van der Waals surface area (Å²) >= 11 is 5.89. The van der Waals surface area contributed by atoms with Gasteiger partial charge < -0.3 is 16.0 Å². The van der Waals surface area contributed by atoms with Gasteiger partial charge in [-0.15, -0.1) is 0 Å². The van der Waals surface area contributed by atoms with Crippen LogP contribution in [0.2, 0.25) is 5.02 Å². The van der Waals surface area contributed by atoms with E-state index in [0.717, 1.165) is 11.1 Å². The van der Waals surface area contributed by atoms with Gasteiger partial charge in [-0.05, 0) is 55.7 Å². The van der Waals surface area contributed by atoms with E-state index in [-0.39, 0.29) is 16.3 Å². The van der Waals surface area contributed by atoms with Gasteiger partial charge >= 0.3 is 6.03 Å². The predicted octanol–water partition coefficient (Wildman–Crippen LogP) is 4.13. The van der Waals surface area contributed by atoms with E-state index in [4.69, 9.17) is 11.6 Å². The molecule has 0 aromatic heterocycles. The van der Waals surface area contributed by atoms with Crippen molar-refractivity contribution in [2.24, 2.45) is 0 Å². The summed E-state index contributed by atoms with van der Waals surface area (Å²) in [4.78, 5) is 35.7. The Balaban J connectivity index is 2.01. The minimum atomic E-state index is -0.870. The SMILES string of the molecule is CC1=C(C(=O)Nc2cc(C)cc(C)c2)[C@@H](c2ccc(Cl)c([N+](=O)[O-])c2)NC(=O)N1. The Morgan fingerprint density at radius 2 is 1.79 bits per heavy atom. The van der Waals surface area contributed by atoms with E-state index in [1.54, 1.807) is 13.0 Å². The van der Waals surface area contributed by atoms with Crippen LogP contribution in [0.3, 0.4) is 0 Å². The number of hydrogen-bond donors (Lipinski definition) is 3. The van der Waals surface area contributed by atoms with Gasteiger partial charge in [-0.2, -0.15) is 0 Å². The maximum absolute atomic E-state index is 13.1. The molecule has 0 unspecified atom stereocenters. The van der Waals surface area contributed by atoms with Crippen molar-refractivity contribution in [1.29, 1.82) is 0 Å². The first-order chi connectivity index (χ1) is 13.7. The minimum absolute atomic E-state index is 0.0269. The smallest absolute Gasteiger partial charge is 0.319 e. The maximum Gasteiger partial charge on any atom is 0.319 e. The molecule has 0 radical (unpaired) electrons. The Hall–Kier alpha value is -3.39. The lowest BCUT2D eigenvalue weighted by atomic mass is 9.94. The number of aryl methyl sites for hydroxylation is 2. The van der Waals surface area contributed by atoms with Gasteiger partial charge in [0, 0.05) is 17.5 Å². The van der Waals surface area contributed by atoms with Gasteiger partial charge in [0.05, 0.1) is 16.5 Å². The number of carbonyl (C=O) groups excluding carboxylic acids is 2. The van der Waals surface area contributed by atoms with Crippen LogP contribution in [0, 0.1) is 24.0 Å². The molecular formula is C20H19ClN4O4. The molecule has 150 valence electrons. The number of nitro groups is 1. The number of nitrogens with zero attached hydrogens (tertiary/aromatic N) is 1. The normalized spacial score (nSPS) is 16.1. The second-order valence-corrected chi connectivity index (χ2v) is 7.28. The predicted molar refractivity (Wildman–Crippen MR) is 110 cm³/mol. The Kier molecular flexibility index (Phi) is 5.56. The number of hydrogen-bond acceptors (Lipinski definition) is 4. The summed E-state index contributed by atoms with van der Waals surface area (Å²) in [5, 5.41) is 19.3. The van der Waals surface area contributed by atoms with E-state index in [0.29, 0.717) is 16.9 Å². The fourth-order valence-corrected chi connectivity index (χ4v) is 3.53. The summed E-state index contributed by atoms with van der Waals surface area (Å²) in [6, 6.07) is 8.45. The van der Waals surface area contributed by atoms with Gasteiger partial charge in [0.1, 0.15) is 5.02 Å². The summed E-state index contributed by atoms with van der Waals surface area (Å²) in [6.07, 6.45) is 0. The molecule has 3 amide bonds. The highest BCUT2D eigenvalue weighted by Crippen LogP contribution is 2.33. The highest BCUT2D eigenvalue weighted by atomic mass is 35.5. The number of amides is 3. The van der Waals surface area contributed by atoms with Gasteiger partial charge in [-0.1, -0.05) is 23.7 Å². The van der Waals surface area contributed by atoms with Crippen LogP contribution < -0.4 is 16.0 Å². The number of nitro benzene ring substituents is 1. The van der Waals surface area contributed by atoms with E-state index in [1.165, 1.54) is 12.1 Å². The van der Waals surface area contributed by atoms with Crippen molar-refractivity contribution in [1.82, 2.24) is 10.6 Å². The second-order valence-electron chi connectivity index (χ2n) is 6.87. The highest BCUT2D eigenvalue weighted by Gasteiger charge is 2.32. The van der Waals surface area contributed by atoms with Crippen molar-refractivity contribution in [2.75, 3.05) is 5.32 Å². The third kappa shape index (κ3) is 4.38. The fraction of sp³-hybridized carbons (Fsp3) is 0.200. The molecule has 0 saturated carbocycles. The molecule has 3 N–H and O–H groups in total. The van der Waals surface area contributed by atoms with Gasteiger partial charge in [-0.3, -0.25) is 14.9 Å². The number of allylic oxidation sites excluding steroid dienone is 1. The highest BCUT2D eigenvalue weighted by molar-refractivity contribution is 6.32. The third-order valence-corrected chi connectivity index (χ3v) is 4.81. The molecule has 0 fully saturated rings. The monoisotopic (exact) mass is 414 g/mol. The van der Waals surface area contributed by atoms with Gasteiger partial charge in [0.25, 0.3) is 11.6 Å². The van der Waals surface area contributed by atoms with Crippen molar-refractivity contribution in [3.8, 4) is 0 Å². The van der Waals surface area contributed by atoms with Crippen LogP contribution in [-0.4, -0.2) is 16.9 Å². The molecular weight excluding hydrogens is 396 g/mol. The van der Waals surface area contributed by atoms with Crippen molar-refractivity contribution < 1.29 is 14.5 Å². The number of carbonyl (C=O) groups is 2. The lowest BCUT2D eigenvalue weighted by molar-refractivity contribution is -0.384. The fourth-order valence-electron chi connectivity index (χ4n) is 3.34. The molecule has 2 aromatic carbocycles. The van der Waals surface area contributed by atoms with Gasteiger partial charge in [-0.25, -0.2) is 4.79 Å². The Bertz CT molecular complexity index is 1040. The number of urea groups is 1. The molecule has 29 heavy (non-hydrogen) atoms. The van der Waals surface area contributed by atoms with E-state index >= 15 is 0 Å². The molecule has 1 atom stereocenters. The van der Waals surface area contributed by atoms with Crippen LogP contribution in [0.15, 0.2) is 47.7 Å². The minimum Gasteiger partial charge on any atom is -0.327 e. The van der Waals surface area contributed by atoms with E-state index < -0.39 is 22.9 Å². The number of rotatable bonds is 4. The van der Waals surface area contributed by atoms with Crippen LogP contribution in [-0.2, 0) is 4.79 Å². The molecule has 0 aliphatic carbocycles. The first-order valence-electron chi connectivity index (χ1n) is 8.77. The Morgan fingerprint density at radius 1 is 1.14 bits per heavy atom. The molecule has 8 nitrogen and oxygen atoms in total. The van der Waals surface area contributed by atoms with Crippen molar-refractivity contribution >= 4 is 34.9 Å². The zero-order valence-electron chi connectivity index (χ0n) is 16.0. The largest absolute Gasteiger partial charge is 0.327 e. The molecule has 1 heterocycles. The molecule has 0 bridgehead atoms. The molecule has 9 heteroatoms. The molecule has 3 rings (SSSR count). The van der Waals surface area contributed by atoms with E-state index in [9.17, 15) is 19.7 Å². The van der Waals surface area contributed by atoms with Gasteiger partial charge in [0.2, 0.25) is 0 Å². The first kappa shape index (κ1) is 20.3. The lowest BCUT2D eigenvalue weighted by Crippen LogP contribution is -2.46. The molecule has 1 aliphatic heterocycles. The van der Waals surface area contributed by atoms with Crippen LogP contribution in [0.25, 0.3) is 0 Å². The molecule has 0 saturated heterocycles. The van der Waals surface area contributed by atoms with Crippen molar-refractivity contribution in [3.05, 3.63) is 79.5 Å². The Labute approximate surface area is 172 Å². The zero-order chi connectivity index (χ0) is 21.3. The third-order valence-electron chi connectivity index (χ3n) is 4.49. The Morgan fingerprint density at radius 3 is 2.41 bits per heavy atom. The van der Waals surface area contributed by atoms with Gasteiger partial charge in [0.15, 0.2) is 0 Å². The van der Waals surface area contributed by atoms with Crippen LogP contribution in [0.4, 0.5) is 16.2 Å². The topological polar surface area (TPSA) is 113 Å². The summed E-state index contributed by atoms with van der Waals surface area (Å²) < 4.78 is 0. The van der Waals surface area contributed by atoms with E-state index in [1.807, 2.05) is 32.0 Å². The zero-order valence-corrected chi connectivity index (χ0v) is 16.8. The molecule has 2 aromatic rings. The number of benzene rings is 2. The number of nitrogens with one attached hydrogen (secondary N) is 3. The van der Waals surface area contributed by atoms with E-state index in [2.05, 4.69) is 16.0 Å². The van der Waals surface area contributed by atoms with Crippen molar-refractivity contribution in [3.63, 3.8) is 0 Å². The maximum atomic E-state index is 13.1. The van der Waals surface area contributed by atoms with Crippen molar-refractivity contribution in [2.45, 2.75) is 26.8 Å². The summed E-state index contributed by atoms with van der Waals surface area (Å²) in [5.41, 5.74) is 3.28. The molecule has 0 spiro atoms. The summed E-state index contributed by atoms with van der Waals surface area (Å²) in [5.74, 6) is -0.428. The first-order valence-corrected chi connectivity index (χ1v) is 9.15. The molecule has 1 aliphatic rings. The van der Waals surface area contributed by atoms with Crippen LogP contribution in [0.1, 0.15) is 29.7 Å². The average molecular weight is 415 g/mol. The number of anilines is 1. The van der Waals surface area contributed by atoms with Crippen LogP contribution in [0.5, 0.6) is 0 Å².